The molecule has 3 heterocycles. The third-order valence-electron chi connectivity index (χ3n) is 5.64. The number of para-hydroxylation sites is 1. The molecule has 1 amide bonds. The Morgan fingerprint density at radius 3 is 2.56 bits per heavy atom. The molecule has 10 heteroatoms. The van der Waals surface area contributed by atoms with Gasteiger partial charge in [0.25, 0.3) is 5.91 Å². The zero-order chi connectivity index (χ0) is 25.2. The van der Waals surface area contributed by atoms with Crippen molar-refractivity contribution in [2.24, 2.45) is 0 Å². The maximum absolute atomic E-state index is 13.7. The Bertz CT molecular complexity index is 1560. The van der Waals surface area contributed by atoms with Crippen LogP contribution in [0.4, 0.5) is 10.2 Å². The van der Waals surface area contributed by atoms with Crippen molar-refractivity contribution in [1.82, 2.24) is 24.7 Å². The summed E-state index contributed by atoms with van der Waals surface area (Å²) >= 11 is 6.40. The fraction of sp³-hybridized carbons (Fsp3) is 0.115. The fourth-order valence-corrected chi connectivity index (χ4v) is 4.07. The quantitative estimate of drug-likeness (QED) is 0.326. The summed E-state index contributed by atoms with van der Waals surface area (Å²) in [7, 11) is 0. The van der Waals surface area contributed by atoms with Crippen LogP contribution >= 0.6 is 11.6 Å². The predicted octanol–water partition coefficient (Wildman–Crippen LogP) is 5.31. The molecule has 8 nitrogen and oxygen atoms in total. The van der Waals surface area contributed by atoms with Gasteiger partial charge in [-0.15, -0.1) is 0 Å². The highest BCUT2D eigenvalue weighted by Crippen LogP contribution is 2.31. The number of pyridine rings is 1. The number of aliphatic hydroxyl groups excluding tert-OH is 1. The lowest BCUT2D eigenvalue weighted by molar-refractivity contribution is 0.102. The molecule has 0 radical (unpaired) electrons. The van der Waals surface area contributed by atoms with Gasteiger partial charge < -0.3 is 10.4 Å². The first kappa shape index (κ1) is 23.5. The van der Waals surface area contributed by atoms with Crippen molar-refractivity contribution in [3.8, 4) is 17.1 Å². The molecule has 1 unspecified atom stereocenters. The van der Waals surface area contributed by atoms with Gasteiger partial charge in [0, 0.05) is 29.7 Å². The van der Waals surface area contributed by atoms with Crippen molar-refractivity contribution in [3.63, 3.8) is 0 Å². The number of aliphatic hydroxyl groups is 1. The van der Waals surface area contributed by atoms with Crippen LogP contribution in [0, 0.1) is 0 Å². The molecule has 180 valence electrons. The Kier molecular flexibility index (Phi) is 6.41. The number of aromatic nitrogens is 5. The number of fused-ring (bicyclic) bond motifs is 1. The normalized spacial score (nSPS) is 12.0. The van der Waals surface area contributed by atoms with Crippen molar-refractivity contribution >= 4 is 34.4 Å². The zero-order valence-corrected chi connectivity index (χ0v) is 19.8. The smallest absolute Gasteiger partial charge is 0.258 e. The van der Waals surface area contributed by atoms with Crippen molar-refractivity contribution in [2.45, 2.75) is 19.7 Å². The van der Waals surface area contributed by atoms with Crippen LogP contribution in [0.25, 0.3) is 28.1 Å². The standard InChI is InChI=1S/C26H20ClFN6O2/c1-15(35)17-11-22-23(31-14-17)25(34(33-22)18-6-3-2-4-7-18)32-26(36)20-12-19(16(13-28)10-21(20)27)24-29-8-5-9-30-24/h2-12,14-15,35H,13H2,1H3,(H,32,36). The van der Waals surface area contributed by atoms with Crippen molar-refractivity contribution in [2.75, 3.05) is 5.32 Å². The average Bonchev–Trinajstić information content (AvgIpc) is 3.26. The summed E-state index contributed by atoms with van der Waals surface area (Å²) in [6.45, 7) is 0.840. The summed E-state index contributed by atoms with van der Waals surface area (Å²) < 4.78 is 15.3. The number of anilines is 1. The van der Waals surface area contributed by atoms with Gasteiger partial charge in [0.15, 0.2) is 11.6 Å². The summed E-state index contributed by atoms with van der Waals surface area (Å²) in [6, 6.07) is 15.5. The van der Waals surface area contributed by atoms with Gasteiger partial charge in [-0.25, -0.2) is 19.0 Å². The van der Waals surface area contributed by atoms with Crippen molar-refractivity contribution < 1.29 is 14.3 Å². The highest BCUT2D eigenvalue weighted by atomic mass is 35.5. The summed E-state index contributed by atoms with van der Waals surface area (Å²) in [5, 5.41) is 17.5. The molecule has 0 spiro atoms. The van der Waals surface area contributed by atoms with Gasteiger partial charge in [-0.1, -0.05) is 29.8 Å². The van der Waals surface area contributed by atoms with Crippen LogP contribution < -0.4 is 5.32 Å². The first-order valence-corrected chi connectivity index (χ1v) is 11.4. The van der Waals surface area contributed by atoms with Gasteiger partial charge in [0.2, 0.25) is 0 Å². The van der Waals surface area contributed by atoms with Gasteiger partial charge in [-0.05, 0) is 48.9 Å². The van der Waals surface area contributed by atoms with Gasteiger partial charge in [-0.3, -0.25) is 9.78 Å². The summed E-state index contributed by atoms with van der Waals surface area (Å²) in [6.07, 6.45) is 3.88. The SMILES string of the molecule is CC(O)c1cnc2c(NC(=O)c3cc(-c4ncccn4)c(CF)cc3Cl)n(-c3ccccc3)nc2c1. The molecule has 1 atom stereocenters. The van der Waals surface area contributed by atoms with E-state index >= 15 is 0 Å². The highest BCUT2D eigenvalue weighted by Gasteiger charge is 2.22. The molecule has 0 bridgehead atoms. The monoisotopic (exact) mass is 502 g/mol. The van der Waals surface area contributed by atoms with E-state index in [2.05, 4.69) is 25.4 Å². The molecule has 0 saturated carbocycles. The molecule has 2 N–H and O–H groups in total. The summed E-state index contributed by atoms with van der Waals surface area (Å²) in [5.74, 6) is 0.0624. The number of rotatable bonds is 6. The molecule has 2 aromatic carbocycles. The maximum atomic E-state index is 13.7. The molecule has 0 aliphatic heterocycles. The number of nitrogens with zero attached hydrogens (tertiary/aromatic N) is 5. The molecule has 0 saturated heterocycles. The number of benzene rings is 2. The third kappa shape index (κ3) is 4.41. The van der Waals surface area contributed by atoms with Crippen LogP contribution in [0.3, 0.4) is 0 Å². The highest BCUT2D eigenvalue weighted by molar-refractivity contribution is 6.34. The lowest BCUT2D eigenvalue weighted by Crippen LogP contribution is -2.16. The lowest BCUT2D eigenvalue weighted by Gasteiger charge is -2.13. The van der Waals surface area contributed by atoms with E-state index in [1.54, 1.807) is 23.7 Å². The third-order valence-corrected chi connectivity index (χ3v) is 5.95. The van der Waals surface area contributed by atoms with E-state index in [0.717, 1.165) is 0 Å². The minimum Gasteiger partial charge on any atom is -0.389 e. The molecular weight excluding hydrogens is 483 g/mol. The first-order chi connectivity index (χ1) is 17.5. The Balaban J connectivity index is 1.61. The molecule has 0 fully saturated rings. The molecule has 5 rings (SSSR count). The van der Waals surface area contributed by atoms with E-state index in [-0.39, 0.29) is 22.0 Å². The van der Waals surface area contributed by atoms with Crippen LogP contribution in [-0.4, -0.2) is 35.7 Å². The topological polar surface area (TPSA) is 106 Å². The molecule has 3 aromatic heterocycles. The lowest BCUT2D eigenvalue weighted by atomic mass is 10.0. The molecule has 0 aliphatic carbocycles. The molecule has 5 aromatic rings. The second-order valence-corrected chi connectivity index (χ2v) is 8.46. The van der Waals surface area contributed by atoms with Gasteiger partial charge in [0.1, 0.15) is 17.7 Å². The Hall–Kier alpha value is -4.21. The van der Waals surface area contributed by atoms with E-state index < -0.39 is 18.7 Å². The van der Waals surface area contributed by atoms with Crippen LogP contribution in [0.2, 0.25) is 5.02 Å². The zero-order valence-electron chi connectivity index (χ0n) is 19.1. The number of hydrogen-bond donors (Lipinski definition) is 2. The number of halogens is 2. The Morgan fingerprint density at radius 2 is 1.86 bits per heavy atom. The summed E-state index contributed by atoms with van der Waals surface area (Å²) in [4.78, 5) is 26.3. The van der Waals surface area contributed by atoms with Gasteiger partial charge in [-0.2, -0.15) is 5.10 Å². The number of carbonyl (C=O) groups excluding carboxylic acids is 1. The number of amides is 1. The minimum absolute atomic E-state index is 0.0827. The number of alkyl halides is 1. The molecule has 36 heavy (non-hydrogen) atoms. The predicted molar refractivity (Wildman–Crippen MR) is 135 cm³/mol. The van der Waals surface area contributed by atoms with Crippen LogP contribution in [0.5, 0.6) is 0 Å². The first-order valence-electron chi connectivity index (χ1n) is 11.1. The fourth-order valence-electron chi connectivity index (χ4n) is 3.80. The van der Waals surface area contributed by atoms with E-state index in [4.69, 9.17) is 11.6 Å². The molecule has 0 aliphatic rings. The maximum Gasteiger partial charge on any atom is 0.258 e. The van der Waals surface area contributed by atoms with Gasteiger partial charge in [0.05, 0.1) is 22.4 Å². The Labute approximate surface area is 210 Å². The number of hydrogen-bond acceptors (Lipinski definition) is 6. The van der Waals surface area contributed by atoms with E-state index in [1.165, 1.54) is 30.7 Å². The van der Waals surface area contributed by atoms with E-state index in [1.807, 2.05) is 30.3 Å². The Morgan fingerprint density at radius 1 is 1.11 bits per heavy atom. The second-order valence-electron chi connectivity index (χ2n) is 8.06. The summed E-state index contributed by atoms with van der Waals surface area (Å²) in [5.41, 5.74) is 2.97. The van der Waals surface area contributed by atoms with E-state index in [0.29, 0.717) is 33.7 Å². The van der Waals surface area contributed by atoms with Crippen LogP contribution in [0.1, 0.15) is 34.5 Å². The number of carbonyl (C=O) groups is 1. The van der Waals surface area contributed by atoms with Crippen molar-refractivity contribution in [3.05, 3.63) is 94.9 Å². The van der Waals surface area contributed by atoms with Crippen LogP contribution in [0.15, 0.2) is 73.2 Å². The largest absolute Gasteiger partial charge is 0.389 e. The van der Waals surface area contributed by atoms with Crippen LogP contribution in [-0.2, 0) is 6.67 Å². The minimum atomic E-state index is -0.795. The average molecular weight is 503 g/mol. The van der Waals surface area contributed by atoms with Crippen molar-refractivity contribution in [1.29, 1.82) is 0 Å². The van der Waals surface area contributed by atoms with Gasteiger partial charge >= 0.3 is 0 Å². The van der Waals surface area contributed by atoms with E-state index in [9.17, 15) is 14.3 Å². The second kappa shape index (κ2) is 9.80. The molecular formula is C26H20ClFN6O2. The number of nitrogens with one attached hydrogen (secondary N) is 1.